The molecule has 138 valence electrons. The van der Waals surface area contributed by atoms with Crippen LogP contribution in [0, 0.1) is 24.7 Å². The van der Waals surface area contributed by atoms with Crippen LogP contribution in [0.4, 0.5) is 0 Å². The van der Waals surface area contributed by atoms with Crippen LogP contribution < -0.4 is 5.32 Å². The van der Waals surface area contributed by atoms with Crippen molar-refractivity contribution in [3.8, 4) is 0 Å². The average molecular weight is 363 g/mol. The lowest BCUT2D eigenvalue weighted by Crippen LogP contribution is -2.43. The minimum absolute atomic E-state index is 0.240. The van der Waals surface area contributed by atoms with Gasteiger partial charge in [0.05, 0.1) is 10.7 Å². The highest BCUT2D eigenvalue weighted by atomic mass is 32.1. The number of aryl methyl sites for hydroxylation is 1. The molecule has 4 heterocycles. The van der Waals surface area contributed by atoms with Crippen molar-refractivity contribution in [2.45, 2.75) is 39.2 Å². The van der Waals surface area contributed by atoms with Gasteiger partial charge in [-0.25, -0.2) is 4.98 Å². The summed E-state index contributed by atoms with van der Waals surface area (Å²) in [6.45, 7) is 9.30. The van der Waals surface area contributed by atoms with Gasteiger partial charge >= 0.3 is 0 Å². The van der Waals surface area contributed by atoms with E-state index < -0.39 is 0 Å². The van der Waals surface area contributed by atoms with Crippen molar-refractivity contribution in [2.75, 3.05) is 39.3 Å². The zero-order chi connectivity index (χ0) is 17.2. The predicted molar refractivity (Wildman–Crippen MR) is 101 cm³/mol. The van der Waals surface area contributed by atoms with Crippen LogP contribution in [-0.2, 0) is 11.3 Å². The van der Waals surface area contributed by atoms with E-state index in [4.69, 9.17) is 0 Å². The summed E-state index contributed by atoms with van der Waals surface area (Å²) in [5.41, 5.74) is 1.18. The van der Waals surface area contributed by atoms with E-state index in [1.807, 2.05) is 0 Å². The van der Waals surface area contributed by atoms with E-state index in [0.29, 0.717) is 5.91 Å². The summed E-state index contributed by atoms with van der Waals surface area (Å²) >= 11 is 1.72. The number of likely N-dealkylation sites (tertiary alicyclic amines) is 2. The number of nitrogens with one attached hydrogen (secondary N) is 1. The van der Waals surface area contributed by atoms with Crippen molar-refractivity contribution >= 4 is 17.2 Å². The second-order valence-corrected chi connectivity index (χ2v) is 9.05. The summed E-state index contributed by atoms with van der Waals surface area (Å²) in [7, 11) is 0. The maximum atomic E-state index is 13.0. The lowest BCUT2D eigenvalue weighted by Gasteiger charge is -2.33. The first-order chi connectivity index (χ1) is 12.2. The molecule has 1 N–H and O–H groups in total. The molecule has 25 heavy (non-hydrogen) atoms. The van der Waals surface area contributed by atoms with E-state index >= 15 is 0 Å². The first-order valence-corrected chi connectivity index (χ1v) is 10.7. The summed E-state index contributed by atoms with van der Waals surface area (Å²) in [4.78, 5) is 22.2. The van der Waals surface area contributed by atoms with E-state index in [9.17, 15) is 4.79 Å². The van der Waals surface area contributed by atoms with E-state index in [1.165, 1.54) is 18.5 Å². The Morgan fingerprint density at radius 2 is 1.84 bits per heavy atom. The molecule has 1 amide bonds. The fourth-order valence-corrected chi connectivity index (χ4v) is 5.35. The van der Waals surface area contributed by atoms with Crippen LogP contribution in [0.15, 0.2) is 5.38 Å². The first-order valence-electron chi connectivity index (χ1n) is 9.82. The Morgan fingerprint density at radius 3 is 2.44 bits per heavy atom. The molecule has 3 fully saturated rings. The Bertz CT molecular complexity index is 582. The number of fused-ring (bicyclic) bond motifs is 1. The molecule has 0 radical (unpaired) electrons. The van der Waals surface area contributed by atoms with Crippen LogP contribution in [0.1, 0.15) is 36.4 Å². The third-order valence-electron chi connectivity index (χ3n) is 6.32. The minimum atomic E-state index is 0.240. The second kappa shape index (κ2) is 7.72. The summed E-state index contributed by atoms with van der Waals surface area (Å²) in [6, 6.07) is 0. The molecule has 3 aliphatic heterocycles. The van der Waals surface area contributed by atoms with Gasteiger partial charge in [-0.05, 0) is 70.6 Å². The smallest absolute Gasteiger partial charge is 0.225 e. The second-order valence-electron chi connectivity index (χ2n) is 7.99. The van der Waals surface area contributed by atoms with Crippen LogP contribution >= 0.6 is 11.3 Å². The predicted octanol–water partition coefficient (Wildman–Crippen LogP) is 2.12. The molecule has 3 saturated heterocycles. The lowest BCUT2D eigenvalue weighted by atomic mass is 9.92. The molecule has 0 saturated carbocycles. The number of rotatable bonds is 3. The molecule has 0 bridgehead atoms. The molecule has 1 aromatic rings. The Hall–Kier alpha value is -0.980. The third kappa shape index (κ3) is 4.07. The zero-order valence-corrected chi connectivity index (χ0v) is 16.1. The Labute approximate surface area is 154 Å². The van der Waals surface area contributed by atoms with Crippen molar-refractivity contribution in [3.05, 3.63) is 16.1 Å². The minimum Gasteiger partial charge on any atom is -0.342 e. The Kier molecular flexibility index (Phi) is 5.39. The van der Waals surface area contributed by atoms with E-state index in [1.54, 1.807) is 11.3 Å². The molecule has 4 rings (SSSR count). The van der Waals surface area contributed by atoms with E-state index in [0.717, 1.165) is 75.5 Å². The zero-order valence-electron chi connectivity index (χ0n) is 15.2. The number of carbonyl (C=O) groups excluding carboxylic acids is 1. The molecule has 0 spiro atoms. The number of aromatic nitrogens is 1. The van der Waals surface area contributed by atoms with Crippen molar-refractivity contribution in [2.24, 2.45) is 17.8 Å². The van der Waals surface area contributed by atoms with Gasteiger partial charge in [-0.2, -0.15) is 0 Å². The number of nitrogens with zero attached hydrogens (tertiary/aromatic N) is 3. The fourth-order valence-electron chi connectivity index (χ4n) is 4.74. The molecule has 0 unspecified atom stereocenters. The molecule has 5 nitrogen and oxygen atoms in total. The van der Waals surface area contributed by atoms with Gasteiger partial charge in [-0.1, -0.05) is 0 Å². The Balaban J connectivity index is 1.26. The summed E-state index contributed by atoms with van der Waals surface area (Å²) < 4.78 is 0. The van der Waals surface area contributed by atoms with Crippen LogP contribution in [0.5, 0.6) is 0 Å². The quantitative estimate of drug-likeness (QED) is 0.895. The molecule has 0 aliphatic carbocycles. The largest absolute Gasteiger partial charge is 0.342 e. The molecule has 1 aromatic heterocycles. The van der Waals surface area contributed by atoms with Crippen LogP contribution in [0.3, 0.4) is 0 Å². The van der Waals surface area contributed by atoms with Crippen molar-refractivity contribution < 1.29 is 4.79 Å². The van der Waals surface area contributed by atoms with Gasteiger partial charge in [0.25, 0.3) is 0 Å². The number of thiazole rings is 1. The number of piperidine rings is 1. The number of carbonyl (C=O) groups is 1. The summed E-state index contributed by atoms with van der Waals surface area (Å²) in [6.07, 6.45) is 4.39. The average Bonchev–Trinajstić information content (AvgIpc) is 3.19. The highest BCUT2D eigenvalue weighted by Gasteiger charge is 2.34. The SMILES string of the molecule is Cc1nc(CN2CCC(C(=O)N3CC[C@@H]4CNC[C@@H]4CC3)CC2)cs1. The van der Waals surface area contributed by atoms with Gasteiger partial charge in [-0.15, -0.1) is 11.3 Å². The first kappa shape index (κ1) is 17.4. The van der Waals surface area contributed by atoms with Crippen LogP contribution in [-0.4, -0.2) is 60.0 Å². The number of hydrogen-bond donors (Lipinski definition) is 1. The molecule has 2 atom stereocenters. The topological polar surface area (TPSA) is 48.5 Å². The van der Waals surface area contributed by atoms with E-state index in [2.05, 4.69) is 32.4 Å². The van der Waals surface area contributed by atoms with Crippen LogP contribution in [0.25, 0.3) is 0 Å². The summed E-state index contributed by atoms with van der Waals surface area (Å²) in [5, 5.41) is 6.81. The lowest BCUT2D eigenvalue weighted by molar-refractivity contribution is -0.137. The maximum absolute atomic E-state index is 13.0. The highest BCUT2D eigenvalue weighted by Crippen LogP contribution is 2.29. The van der Waals surface area contributed by atoms with Gasteiger partial charge in [0.15, 0.2) is 0 Å². The van der Waals surface area contributed by atoms with Crippen molar-refractivity contribution in [1.29, 1.82) is 0 Å². The van der Waals surface area contributed by atoms with Gasteiger partial charge in [0, 0.05) is 30.9 Å². The van der Waals surface area contributed by atoms with Gasteiger partial charge in [0.2, 0.25) is 5.91 Å². The molecule has 0 aromatic carbocycles. The number of hydrogen-bond acceptors (Lipinski definition) is 5. The molecule has 6 heteroatoms. The van der Waals surface area contributed by atoms with Gasteiger partial charge < -0.3 is 10.2 Å². The van der Waals surface area contributed by atoms with Crippen molar-refractivity contribution in [1.82, 2.24) is 20.1 Å². The normalized spacial score (nSPS) is 28.8. The monoisotopic (exact) mass is 362 g/mol. The van der Waals surface area contributed by atoms with Crippen molar-refractivity contribution in [3.63, 3.8) is 0 Å². The van der Waals surface area contributed by atoms with Crippen LogP contribution in [0.2, 0.25) is 0 Å². The van der Waals surface area contributed by atoms with E-state index in [-0.39, 0.29) is 5.92 Å². The fraction of sp³-hybridized carbons (Fsp3) is 0.789. The molecular formula is C19H30N4OS. The molecular weight excluding hydrogens is 332 g/mol. The van der Waals surface area contributed by atoms with Gasteiger partial charge in [0.1, 0.15) is 0 Å². The molecule has 3 aliphatic rings. The number of amides is 1. The summed E-state index contributed by atoms with van der Waals surface area (Å²) in [5.74, 6) is 2.25. The maximum Gasteiger partial charge on any atom is 0.225 e. The highest BCUT2D eigenvalue weighted by molar-refractivity contribution is 7.09. The van der Waals surface area contributed by atoms with Gasteiger partial charge in [-0.3, -0.25) is 9.69 Å². The Morgan fingerprint density at radius 1 is 1.16 bits per heavy atom. The third-order valence-corrected chi connectivity index (χ3v) is 7.14. The standard InChI is InChI=1S/C19H30N4OS/c1-14-21-18(13-25-14)12-22-6-2-15(3-7-22)19(24)23-8-4-16-10-20-11-17(16)5-9-23/h13,15-17,20H,2-12H2,1H3/t16-,17+.